The van der Waals surface area contributed by atoms with Gasteiger partial charge < -0.3 is 15.2 Å². The molecule has 20 heavy (non-hydrogen) atoms. The Bertz CT molecular complexity index is 417. The lowest BCUT2D eigenvalue weighted by Gasteiger charge is -2.29. The van der Waals surface area contributed by atoms with Crippen LogP contribution in [-0.4, -0.2) is 55.4 Å². The average Bonchev–Trinajstić information content (AvgIpc) is 2.48. The summed E-state index contributed by atoms with van der Waals surface area (Å²) in [5.41, 5.74) is 1.11. The normalized spacial score (nSPS) is 17.6. The number of para-hydroxylation sites is 1. The Labute approximate surface area is 121 Å². The molecule has 4 nitrogen and oxygen atoms in total. The van der Waals surface area contributed by atoms with Gasteiger partial charge in [0.1, 0.15) is 18.5 Å². The van der Waals surface area contributed by atoms with E-state index >= 15 is 0 Å². The zero-order valence-corrected chi connectivity index (χ0v) is 11.9. The molecular formula is C16H24N2O2. The van der Waals surface area contributed by atoms with Crippen LogP contribution in [0.2, 0.25) is 0 Å². The van der Waals surface area contributed by atoms with Gasteiger partial charge in [0.2, 0.25) is 0 Å². The summed E-state index contributed by atoms with van der Waals surface area (Å²) in [6.45, 7) is 8.73. The second-order valence-corrected chi connectivity index (χ2v) is 5.12. The van der Waals surface area contributed by atoms with E-state index in [1.54, 1.807) is 0 Å². The molecule has 0 saturated carbocycles. The highest BCUT2D eigenvalue weighted by molar-refractivity contribution is 5.34. The van der Waals surface area contributed by atoms with Gasteiger partial charge in [0.25, 0.3) is 0 Å². The zero-order chi connectivity index (χ0) is 14.2. The van der Waals surface area contributed by atoms with Gasteiger partial charge in [-0.2, -0.15) is 0 Å². The number of benzene rings is 1. The lowest BCUT2D eigenvalue weighted by molar-refractivity contribution is 0.0638. The number of aliphatic hydroxyl groups excluding tert-OH is 1. The van der Waals surface area contributed by atoms with E-state index in [1.165, 1.54) is 0 Å². The Morgan fingerprint density at radius 1 is 1.35 bits per heavy atom. The van der Waals surface area contributed by atoms with Crippen molar-refractivity contribution in [2.24, 2.45) is 0 Å². The largest absolute Gasteiger partial charge is 0.491 e. The first-order valence-electron chi connectivity index (χ1n) is 7.22. The van der Waals surface area contributed by atoms with Gasteiger partial charge in [-0.25, -0.2) is 0 Å². The maximum Gasteiger partial charge on any atom is 0.122 e. The quantitative estimate of drug-likeness (QED) is 0.731. The van der Waals surface area contributed by atoms with E-state index in [2.05, 4.69) is 16.8 Å². The number of rotatable bonds is 7. The van der Waals surface area contributed by atoms with Crippen LogP contribution in [0.4, 0.5) is 0 Å². The molecule has 110 valence electrons. The van der Waals surface area contributed by atoms with Crippen LogP contribution in [0.15, 0.2) is 36.9 Å². The third-order valence-electron chi connectivity index (χ3n) is 3.45. The predicted octanol–water partition coefficient (Wildman–Crippen LogP) is 1.06. The number of hydrogen-bond acceptors (Lipinski definition) is 4. The monoisotopic (exact) mass is 276 g/mol. The van der Waals surface area contributed by atoms with Crippen molar-refractivity contribution in [1.82, 2.24) is 10.2 Å². The van der Waals surface area contributed by atoms with E-state index in [0.29, 0.717) is 13.2 Å². The summed E-state index contributed by atoms with van der Waals surface area (Å²) >= 11 is 0. The standard InChI is InChI=1S/C16H24N2O2/c1-2-5-14-6-3-4-7-16(14)20-13-15(19)12-18-10-8-17-9-11-18/h2-4,6-7,15,17,19H,1,5,8-13H2/t15-/m0/s1. The van der Waals surface area contributed by atoms with Crippen molar-refractivity contribution in [2.45, 2.75) is 12.5 Å². The van der Waals surface area contributed by atoms with Gasteiger partial charge in [-0.1, -0.05) is 24.3 Å². The predicted molar refractivity (Wildman–Crippen MR) is 81.2 cm³/mol. The van der Waals surface area contributed by atoms with Gasteiger partial charge in [0.05, 0.1) is 0 Å². The molecule has 1 fully saturated rings. The highest BCUT2D eigenvalue weighted by Gasteiger charge is 2.15. The molecule has 0 radical (unpaired) electrons. The second-order valence-electron chi connectivity index (χ2n) is 5.12. The number of allylic oxidation sites excluding steroid dienone is 1. The third kappa shape index (κ3) is 4.63. The first-order valence-corrected chi connectivity index (χ1v) is 7.22. The number of nitrogens with zero attached hydrogens (tertiary/aromatic N) is 1. The van der Waals surface area contributed by atoms with Crippen LogP contribution in [-0.2, 0) is 6.42 Å². The number of aliphatic hydroxyl groups is 1. The van der Waals surface area contributed by atoms with E-state index in [1.807, 2.05) is 30.3 Å². The van der Waals surface area contributed by atoms with Crippen molar-refractivity contribution in [3.05, 3.63) is 42.5 Å². The lowest BCUT2D eigenvalue weighted by Crippen LogP contribution is -2.47. The van der Waals surface area contributed by atoms with Crippen LogP contribution in [0.5, 0.6) is 5.75 Å². The molecule has 1 aromatic rings. The lowest BCUT2D eigenvalue weighted by atomic mass is 10.1. The molecule has 1 aromatic carbocycles. The highest BCUT2D eigenvalue weighted by Crippen LogP contribution is 2.18. The van der Waals surface area contributed by atoms with Crippen molar-refractivity contribution in [1.29, 1.82) is 0 Å². The molecule has 0 spiro atoms. The highest BCUT2D eigenvalue weighted by atomic mass is 16.5. The number of ether oxygens (including phenoxy) is 1. The van der Waals surface area contributed by atoms with Crippen LogP contribution < -0.4 is 10.1 Å². The Balaban J connectivity index is 1.80. The third-order valence-corrected chi connectivity index (χ3v) is 3.45. The Hall–Kier alpha value is -1.36. The van der Waals surface area contributed by atoms with Gasteiger partial charge in [-0.15, -0.1) is 6.58 Å². The fourth-order valence-corrected chi connectivity index (χ4v) is 2.40. The number of piperazine rings is 1. The van der Waals surface area contributed by atoms with Gasteiger partial charge in [0.15, 0.2) is 0 Å². The SMILES string of the molecule is C=CCc1ccccc1OC[C@@H](O)CN1CCNCC1. The minimum absolute atomic E-state index is 0.331. The van der Waals surface area contributed by atoms with Gasteiger partial charge in [-0.3, -0.25) is 4.90 Å². The molecule has 0 aromatic heterocycles. The fraction of sp³-hybridized carbons (Fsp3) is 0.500. The Morgan fingerprint density at radius 3 is 2.85 bits per heavy atom. The molecule has 4 heteroatoms. The molecule has 0 amide bonds. The summed E-state index contributed by atoms with van der Waals surface area (Å²) in [7, 11) is 0. The van der Waals surface area contributed by atoms with Gasteiger partial charge in [0, 0.05) is 32.7 Å². The first kappa shape index (κ1) is 15.0. The van der Waals surface area contributed by atoms with Crippen LogP contribution >= 0.6 is 0 Å². The van der Waals surface area contributed by atoms with Crippen molar-refractivity contribution < 1.29 is 9.84 Å². The van der Waals surface area contributed by atoms with Crippen molar-refractivity contribution in [2.75, 3.05) is 39.3 Å². The maximum absolute atomic E-state index is 10.1. The van der Waals surface area contributed by atoms with Gasteiger partial charge >= 0.3 is 0 Å². The topological polar surface area (TPSA) is 44.7 Å². The molecule has 1 aliphatic rings. The van der Waals surface area contributed by atoms with E-state index in [9.17, 15) is 5.11 Å². The first-order chi connectivity index (χ1) is 9.79. The van der Waals surface area contributed by atoms with E-state index < -0.39 is 6.10 Å². The summed E-state index contributed by atoms with van der Waals surface area (Å²) in [6.07, 6.45) is 2.19. The van der Waals surface area contributed by atoms with Crippen molar-refractivity contribution in [3.63, 3.8) is 0 Å². The fourth-order valence-electron chi connectivity index (χ4n) is 2.40. The smallest absolute Gasteiger partial charge is 0.122 e. The summed E-state index contributed by atoms with van der Waals surface area (Å²) in [5, 5.41) is 13.4. The summed E-state index contributed by atoms with van der Waals surface area (Å²) in [5.74, 6) is 0.840. The van der Waals surface area contributed by atoms with Crippen molar-refractivity contribution in [3.8, 4) is 5.75 Å². The summed E-state index contributed by atoms with van der Waals surface area (Å²) < 4.78 is 5.75. The van der Waals surface area contributed by atoms with E-state index in [-0.39, 0.29) is 0 Å². The molecule has 1 heterocycles. The number of hydrogen-bond donors (Lipinski definition) is 2. The Morgan fingerprint density at radius 2 is 2.10 bits per heavy atom. The Kier molecular flexibility index (Phi) is 6.05. The van der Waals surface area contributed by atoms with Crippen LogP contribution in [0.25, 0.3) is 0 Å². The second kappa shape index (κ2) is 8.04. The molecule has 1 aliphatic heterocycles. The molecular weight excluding hydrogens is 252 g/mol. The number of nitrogens with one attached hydrogen (secondary N) is 1. The molecule has 1 atom stereocenters. The molecule has 1 saturated heterocycles. The van der Waals surface area contributed by atoms with Gasteiger partial charge in [-0.05, 0) is 18.1 Å². The molecule has 0 aliphatic carbocycles. The van der Waals surface area contributed by atoms with Crippen LogP contribution in [0.1, 0.15) is 5.56 Å². The summed E-state index contributed by atoms with van der Waals surface area (Å²) in [4.78, 5) is 2.26. The minimum Gasteiger partial charge on any atom is -0.491 e. The van der Waals surface area contributed by atoms with Crippen LogP contribution in [0, 0.1) is 0 Å². The zero-order valence-electron chi connectivity index (χ0n) is 11.9. The molecule has 2 N–H and O–H groups in total. The van der Waals surface area contributed by atoms with Crippen LogP contribution in [0.3, 0.4) is 0 Å². The average molecular weight is 276 g/mol. The van der Waals surface area contributed by atoms with Crippen molar-refractivity contribution >= 4 is 0 Å². The molecule has 2 rings (SSSR count). The maximum atomic E-state index is 10.1. The summed E-state index contributed by atoms with van der Waals surface area (Å²) in [6, 6.07) is 7.91. The van der Waals surface area contributed by atoms with E-state index in [4.69, 9.17) is 4.74 Å². The molecule has 0 unspecified atom stereocenters. The minimum atomic E-state index is -0.454. The molecule has 0 bridgehead atoms. The number of β-amino-alcohol motifs (C(OH)–C–C–N with tert-alkyl or cyclic N) is 1. The van der Waals surface area contributed by atoms with E-state index in [0.717, 1.165) is 43.9 Å².